The Morgan fingerprint density at radius 2 is 1.90 bits per heavy atom. The molecule has 0 aliphatic carbocycles. The predicted octanol–water partition coefficient (Wildman–Crippen LogP) is 4.26. The van der Waals surface area contributed by atoms with Crippen molar-refractivity contribution in [2.45, 2.75) is 78.1 Å². The second-order valence-electron chi connectivity index (χ2n) is 6.02. The molecule has 0 aromatic rings. The van der Waals surface area contributed by atoms with Gasteiger partial charge in [-0.05, 0) is 30.9 Å². The first kappa shape index (κ1) is 17.4. The van der Waals surface area contributed by atoms with Crippen LogP contribution in [0, 0.1) is 5.92 Å². The summed E-state index contributed by atoms with van der Waals surface area (Å²) >= 11 is 0. The van der Waals surface area contributed by atoms with E-state index in [0.717, 1.165) is 12.8 Å². The smallest absolute Gasteiger partial charge is 0.184 e. The second kappa shape index (κ2) is 10.1. The van der Waals surface area contributed by atoms with Crippen molar-refractivity contribution in [1.29, 1.82) is 0 Å². The van der Waals surface area contributed by atoms with Crippen LogP contribution in [0.4, 0.5) is 0 Å². The normalized spacial score (nSPS) is 22.7. The van der Waals surface area contributed by atoms with Crippen molar-refractivity contribution >= 4 is 5.78 Å². The third-order valence-corrected chi connectivity index (χ3v) is 3.50. The van der Waals surface area contributed by atoms with E-state index in [1.807, 2.05) is 0 Å². The fourth-order valence-corrected chi connectivity index (χ4v) is 2.33. The highest BCUT2D eigenvalue weighted by molar-refractivity contribution is 5.94. The molecule has 1 aliphatic heterocycles. The topological polar surface area (TPSA) is 35.5 Å². The third-order valence-electron chi connectivity index (χ3n) is 3.50. The van der Waals surface area contributed by atoms with Crippen LogP contribution in [0.25, 0.3) is 0 Å². The number of ketones is 1. The largest absolute Gasteiger partial charge is 0.349 e. The number of carbonyl (C=O) groups is 1. The lowest BCUT2D eigenvalue weighted by Gasteiger charge is -2.26. The van der Waals surface area contributed by atoms with E-state index in [1.54, 1.807) is 12.2 Å². The monoisotopic (exact) mass is 282 g/mol. The highest BCUT2D eigenvalue weighted by Crippen LogP contribution is 2.18. The van der Waals surface area contributed by atoms with Gasteiger partial charge in [-0.1, -0.05) is 52.9 Å². The highest BCUT2D eigenvalue weighted by atomic mass is 16.7. The van der Waals surface area contributed by atoms with E-state index >= 15 is 0 Å². The zero-order valence-corrected chi connectivity index (χ0v) is 13.3. The van der Waals surface area contributed by atoms with Gasteiger partial charge in [0, 0.05) is 0 Å². The molecule has 3 heteroatoms. The molecule has 3 nitrogen and oxygen atoms in total. The van der Waals surface area contributed by atoms with Crippen LogP contribution in [0.1, 0.15) is 65.7 Å². The molecule has 0 aromatic carbocycles. The van der Waals surface area contributed by atoms with Crippen LogP contribution in [0.15, 0.2) is 12.2 Å². The summed E-state index contributed by atoms with van der Waals surface area (Å²) in [7, 11) is 0. The van der Waals surface area contributed by atoms with Crippen molar-refractivity contribution in [2.75, 3.05) is 6.61 Å². The molecule has 2 atom stereocenters. The van der Waals surface area contributed by atoms with Gasteiger partial charge in [-0.3, -0.25) is 4.79 Å². The summed E-state index contributed by atoms with van der Waals surface area (Å²) < 4.78 is 11.4. The van der Waals surface area contributed by atoms with Crippen LogP contribution in [0.5, 0.6) is 0 Å². The van der Waals surface area contributed by atoms with Gasteiger partial charge in [0.05, 0.1) is 6.61 Å². The number of hydrogen-bond acceptors (Lipinski definition) is 3. The summed E-state index contributed by atoms with van der Waals surface area (Å²) in [4.78, 5) is 11.7. The average molecular weight is 282 g/mol. The molecule has 2 unspecified atom stereocenters. The van der Waals surface area contributed by atoms with Gasteiger partial charge in [-0.2, -0.15) is 0 Å². The molecular formula is C17H30O3. The standard InChI is InChI=1S/C17H30O3/c1-4-5-6-7-8-9-12-19-17-11-10-15(18)16(20-17)13-14(2)3/h10-11,14,16-17H,4-9,12-13H2,1-3H3. The van der Waals surface area contributed by atoms with Gasteiger partial charge in [0.2, 0.25) is 0 Å². The molecule has 0 spiro atoms. The Morgan fingerprint density at radius 3 is 2.60 bits per heavy atom. The minimum absolute atomic E-state index is 0.0677. The van der Waals surface area contributed by atoms with Crippen LogP contribution in [-0.2, 0) is 14.3 Å². The van der Waals surface area contributed by atoms with Gasteiger partial charge in [-0.15, -0.1) is 0 Å². The molecule has 0 aromatic heterocycles. The van der Waals surface area contributed by atoms with Crippen LogP contribution in [0.2, 0.25) is 0 Å². The van der Waals surface area contributed by atoms with Crippen molar-refractivity contribution < 1.29 is 14.3 Å². The van der Waals surface area contributed by atoms with Crippen LogP contribution in [-0.4, -0.2) is 24.8 Å². The molecule has 116 valence electrons. The lowest BCUT2D eigenvalue weighted by atomic mass is 10.0. The van der Waals surface area contributed by atoms with E-state index in [2.05, 4.69) is 20.8 Å². The Hall–Kier alpha value is -0.670. The summed E-state index contributed by atoms with van der Waals surface area (Å²) in [5.41, 5.74) is 0. The fraction of sp³-hybridized carbons (Fsp3) is 0.824. The minimum Gasteiger partial charge on any atom is -0.349 e. The van der Waals surface area contributed by atoms with Crippen molar-refractivity contribution in [3.63, 3.8) is 0 Å². The van der Waals surface area contributed by atoms with Crippen LogP contribution < -0.4 is 0 Å². The SMILES string of the molecule is CCCCCCCCOC1C=CC(=O)C(CC(C)C)O1. The summed E-state index contributed by atoms with van der Waals surface area (Å²) in [6.45, 7) is 7.14. The quantitative estimate of drug-likeness (QED) is 0.562. The van der Waals surface area contributed by atoms with E-state index in [1.165, 1.54) is 32.1 Å². The average Bonchev–Trinajstić information content (AvgIpc) is 2.40. The number of carbonyl (C=O) groups excluding carboxylic acids is 1. The van der Waals surface area contributed by atoms with E-state index < -0.39 is 0 Å². The molecule has 1 rings (SSSR count). The number of rotatable bonds is 10. The first-order valence-corrected chi connectivity index (χ1v) is 8.12. The fourth-order valence-electron chi connectivity index (χ4n) is 2.33. The Balaban J connectivity index is 2.14. The van der Waals surface area contributed by atoms with Gasteiger partial charge < -0.3 is 9.47 Å². The summed E-state index contributed by atoms with van der Waals surface area (Å²) in [5, 5.41) is 0. The summed E-state index contributed by atoms with van der Waals surface area (Å²) in [6, 6.07) is 0. The molecule has 0 radical (unpaired) electrons. The molecule has 0 saturated carbocycles. The van der Waals surface area contributed by atoms with Gasteiger partial charge in [0.25, 0.3) is 0 Å². The first-order valence-electron chi connectivity index (χ1n) is 8.12. The molecule has 0 bridgehead atoms. The zero-order chi connectivity index (χ0) is 14.8. The minimum atomic E-state index is -0.341. The molecule has 0 saturated heterocycles. The predicted molar refractivity (Wildman–Crippen MR) is 81.6 cm³/mol. The zero-order valence-electron chi connectivity index (χ0n) is 13.3. The van der Waals surface area contributed by atoms with E-state index in [0.29, 0.717) is 12.5 Å². The van der Waals surface area contributed by atoms with E-state index in [4.69, 9.17) is 9.47 Å². The summed E-state index contributed by atoms with van der Waals surface area (Å²) in [6.07, 6.45) is 10.9. The van der Waals surface area contributed by atoms with E-state index in [-0.39, 0.29) is 18.2 Å². The van der Waals surface area contributed by atoms with Crippen molar-refractivity contribution in [1.82, 2.24) is 0 Å². The van der Waals surface area contributed by atoms with Gasteiger partial charge in [0.15, 0.2) is 12.1 Å². The molecule has 20 heavy (non-hydrogen) atoms. The maximum absolute atomic E-state index is 11.7. The second-order valence-corrected chi connectivity index (χ2v) is 6.02. The Morgan fingerprint density at radius 1 is 1.20 bits per heavy atom. The maximum atomic E-state index is 11.7. The Labute approximate surface area is 123 Å². The Bertz CT molecular complexity index is 297. The van der Waals surface area contributed by atoms with Crippen molar-refractivity contribution in [3.05, 3.63) is 12.2 Å². The van der Waals surface area contributed by atoms with Crippen LogP contribution >= 0.6 is 0 Å². The molecule has 1 aliphatic rings. The van der Waals surface area contributed by atoms with Gasteiger partial charge >= 0.3 is 0 Å². The molecule has 0 amide bonds. The first-order chi connectivity index (χ1) is 9.63. The van der Waals surface area contributed by atoms with Gasteiger partial charge in [-0.25, -0.2) is 0 Å². The third kappa shape index (κ3) is 7.20. The Kier molecular flexibility index (Phi) is 8.79. The lowest BCUT2D eigenvalue weighted by molar-refractivity contribution is -0.165. The molecule has 0 fully saturated rings. The van der Waals surface area contributed by atoms with Crippen molar-refractivity contribution in [3.8, 4) is 0 Å². The number of unbranched alkanes of at least 4 members (excludes halogenated alkanes) is 5. The molecule has 0 N–H and O–H groups in total. The summed E-state index contributed by atoms with van der Waals surface area (Å²) in [5.74, 6) is 0.521. The molecular weight excluding hydrogens is 252 g/mol. The van der Waals surface area contributed by atoms with Gasteiger partial charge in [0.1, 0.15) is 6.10 Å². The van der Waals surface area contributed by atoms with E-state index in [9.17, 15) is 4.79 Å². The number of hydrogen-bond donors (Lipinski definition) is 0. The van der Waals surface area contributed by atoms with Crippen molar-refractivity contribution in [2.24, 2.45) is 5.92 Å². The lowest BCUT2D eigenvalue weighted by Crippen LogP contribution is -2.34. The number of ether oxygens (including phenoxy) is 2. The molecule has 1 heterocycles. The maximum Gasteiger partial charge on any atom is 0.184 e. The highest BCUT2D eigenvalue weighted by Gasteiger charge is 2.26. The van der Waals surface area contributed by atoms with Crippen LogP contribution in [0.3, 0.4) is 0 Å².